The highest BCUT2D eigenvalue weighted by Gasteiger charge is 2.21. The maximum Gasteiger partial charge on any atom is 0.231 e. The van der Waals surface area contributed by atoms with Crippen molar-refractivity contribution in [3.05, 3.63) is 23.3 Å². The van der Waals surface area contributed by atoms with Gasteiger partial charge in [0.05, 0.1) is 6.10 Å². The van der Waals surface area contributed by atoms with Gasteiger partial charge in [0, 0.05) is 32.7 Å². The lowest BCUT2D eigenvalue weighted by Crippen LogP contribution is -2.45. The van der Waals surface area contributed by atoms with E-state index in [1.807, 2.05) is 19.1 Å². The van der Waals surface area contributed by atoms with Crippen molar-refractivity contribution in [2.45, 2.75) is 13.0 Å². The maximum atomic E-state index is 10.4. The zero-order chi connectivity index (χ0) is 13.2. The summed E-state index contributed by atoms with van der Waals surface area (Å²) in [5.74, 6) is 1.51. The highest BCUT2D eigenvalue weighted by atomic mass is 16.7. The van der Waals surface area contributed by atoms with Crippen LogP contribution >= 0.6 is 0 Å². The SMILES string of the molecule is Cc1cc2c(cc1C(O)CN1CCNCC1)OCO2. The summed E-state index contributed by atoms with van der Waals surface area (Å²) in [4.78, 5) is 2.28. The van der Waals surface area contributed by atoms with Crippen LogP contribution < -0.4 is 14.8 Å². The summed E-state index contributed by atoms with van der Waals surface area (Å²) in [7, 11) is 0. The molecule has 2 aliphatic heterocycles. The van der Waals surface area contributed by atoms with Crippen LogP contribution in [0.2, 0.25) is 0 Å². The van der Waals surface area contributed by atoms with E-state index >= 15 is 0 Å². The first-order valence-corrected chi connectivity index (χ1v) is 6.75. The van der Waals surface area contributed by atoms with Gasteiger partial charge in [0.25, 0.3) is 0 Å². The average molecular weight is 264 g/mol. The standard InChI is InChI=1S/C14H20N2O3/c1-10-6-13-14(19-9-18-13)7-11(10)12(17)8-16-4-2-15-3-5-16/h6-7,12,15,17H,2-5,8-9H2,1H3. The first kappa shape index (κ1) is 12.7. The van der Waals surface area contributed by atoms with E-state index < -0.39 is 6.10 Å². The second kappa shape index (κ2) is 5.36. The number of β-amino-alcohol motifs (C(OH)–C–C–N with tert-alkyl or cyclic N) is 1. The average Bonchev–Trinajstić information content (AvgIpc) is 2.86. The molecule has 1 saturated heterocycles. The predicted molar refractivity (Wildman–Crippen MR) is 71.6 cm³/mol. The highest BCUT2D eigenvalue weighted by Crippen LogP contribution is 2.36. The first-order valence-electron chi connectivity index (χ1n) is 6.75. The molecule has 0 saturated carbocycles. The van der Waals surface area contributed by atoms with E-state index in [-0.39, 0.29) is 6.79 Å². The third-order valence-electron chi connectivity index (χ3n) is 3.76. The van der Waals surface area contributed by atoms with Gasteiger partial charge in [-0.15, -0.1) is 0 Å². The van der Waals surface area contributed by atoms with Gasteiger partial charge in [-0.3, -0.25) is 4.90 Å². The van der Waals surface area contributed by atoms with Crippen LogP contribution in [0.15, 0.2) is 12.1 Å². The second-order valence-corrected chi connectivity index (χ2v) is 5.13. The number of aliphatic hydroxyl groups is 1. The van der Waals surface area contributed by atoms with Crippen molar-refractivity contribution >= 4 is 0 Å². The highest BCUT2D eigenvalue weighted by molar-refractivity contribution is 5.49. The van der Waals surface area contributed by atoms with Gasteiger partial charge in [-0.2, -0.15) is 0 Å². The molecule has 5 nitrogen and oxygen atoms in total. The molecule has 3 rings (SSSR count). The van der Waals surface area contributed by atoms with Gasteiger partial charge in [0.1, 0.15) is 0 Å². The second-order valence-electron chi connectivity index (χ2n) is 5.13. The van der Waals surface area contributed by atoms with Crippen LogP contribution in [0.25, 0.3) is 0 Å². The van der Waals surface area contributed by atoms with Gasteiger partial charge in [-0.25, -0.2) is 0 Å². The van der Waals surface area contributed by atoms with Crippen LogP contribution in [0, 0.1) is 6.92 Å². The summed E-state index contributed by atoms with van der Waals surface area (Å²) < 4.78 is 10.7. The molecule has 1 unspecified atom stereocenters. The molecule has 1 atom stereocenters. The summed E-state index contributed by atoms with van der Waals surface area (Å²) in [5, 5.41) is 13.7. The fourth-order valence-electron chi connectivity index (χ4n) is 2.65. The quantitative estimate of drug-likeness (QED) is 0.840. The predicted octanol–water partition coefficient (Wildman–Crippen LogP) is 0.662. The van der Waals surface area contributed by atoms with Crippen LogP contribution in [0.3, 0.4) is 0 Å². The molecular formula is C14H20N2O3. The molecule has 5 heteroatoms. The Kier molecular flexibility index (Phi) is 3.59. The Morgan fingerprint density at radius 3 is 2.68 bits per heavy atom. The van der Waals surface area contributed by atoms with Crippen molar-refractivity contribution in [3.8, 4) is 11.5 Å². The third kappa shape index (κ3) is 2.68. The first-order chi connectivity index (χ1) is 9.24. The van der Waals surface area contributed by atoms with Gasteiger partial charge in [-0.1, -0.05) is 0 Å². The molecule has 1 fully saturated rings. The van der Waals surface area contributed by atoms with Crippen molar-refractivity contribution < 1.29 is 14.6 Å². The molecule has 0 amide bonds. The van der Waals surface area contributed by atoms with Gasteiger partial charge >= 0.3 is 0 Å². The summed E-state index contributed by atoms with van der Waals surface area (Å²) in [5.41, 5.74) is 1.98. The lowest BCUT2D eigenvalue weighted by molar-refractivity contribution is 0.105. The van der Waals surface area contributed by atoms with E-state index in [1.54, 1.807) is 0 Å². The summed E-state index contributed by atoms with van der Waals surface area (Å²) in [6.45, 7) is 6.90. The van der Waals surface area contributed by atoms with Crippen LogP contribution in [0.5, 0.6) is 11.5 Å². The molecule has 1 aromatic carbocycles. The van der Waals surface area contributed by atoms with E-state index in [0.717, 1.165) is 48.8 Å². The third-order valence-corrected chi connectivity index (χ3v) is 3.76. The van der Waals surface area contributed by atoms with Crippen LogP contribution in [0.1, 0.15) is 17.2 Å². The topological polar surface area (TPSA) is 54.0 Å². The number of aliphatic hydroxyl groups excluding tert-OH is 1. The lowest BCUT2D eigenvalue weighted by Gasteiger charge is -2.29. The van der Waals surface area contributed by atoms with Crippen molar-refractivity contribution in [1.82, 2.24) is 10.2 Å². The Morgan fingerprint density at radius 1 is 1.26 bits per heavy atom. The lowest BCUT2D eigenvalue weighted by atomic mass is 10.0. The van der Waals surface area contributed by atoms with Gasteiger partial charge in [-0.05, 0) is 30.2 Å². The van der Waals surface area contributed by atoms with E-state index in [0.29, 0.717) is 6.54 Å². The van der Waals surface area contributed by atoms with E-state index in [9.17, 15) is 5.11 Å². The van der Waals surface area contributed by atoms with Gasteiger partial charge in [0.15, 0.2) is 11.5 Å². The number of benzene rings is 1. The van der Waals surface area contributed by atoms with Crippen molar-refractivity contribution in [2.75, 3.05) is 39.5 Å². The molecular weight excluding hydrogens is 244 g/mol. The van der Waals surface area contributed by atoms with Crippen molar-refractivity contribution in [2.24, 2.45) is 0 Å². The van der Waals surface area contributed by atoms with E-state index in [1.165, 1.54) is 0 Å². The van der Waals surface area contributed by atoms with Crippen molar-refractivity contribution in [3.63, 3.8) is 0 Å². The van der Waals surface area contributed by atoms with Gasteiger partial charge < -0.3 is 19.9 Å². The molecule has 104 valence electrons. The monoisotopic (exact) mass is 264 g/mol. The van der Waals surface area contributed by atoms with Crippen LogP contribution in [-0.4, -0.2) is 49.5 Å². The fourth-order valence-corrected chi connectivity index (χ4v) is 2.65. The number of nitrogens with one attached hydrogen (secondary N) is 1. The molecule has 0 aliphatic carbocycles. The smallest absolute Gasteiger partial charge is 0.231 e. The minimum absolute atomic E-state index is 0.270. The summed E-state index contributed by atoms with van der Waals surface area (Å²) in [6.07, 6.45) is -0.479. The molecule has 2 N–H and O–H groups in total. The molecule has 2 aliphatic rings. The summed E-state index contributed by atoms with van der Waals surface area (Å²) in [6, 6.07) is 3.85. The minimum atomic E-state index is -0.479. The number of hydrogen-bond acceptors (Lipinski definition) is 5. The Balaban J connectivity index is 1.73. The normalized spacial score (nSPS) is 20.5. The van der Waals surface area contributed by atoms with E-state index in [2.05, 4.69) is 10.2 Å². The zero-order valence-corrected chi connectivity index (χ0v) is 11.2. The number of rotatable bonds is 3. The number of hydrogen-bond donors (Lipinski definition) is 2. The largest absolute Gasteiger partial charge is 0.454 e. The fraction of sp³-hybridized carbons (Fsp3) is 0.571. The van der Waals surface area contributed by atoms with Crippen molar-refractivity contribution in [1.29, 1.82) is 0 Å². The Labute approximate surface area is 113 Å². The molecule has 0 bridgehead atoms. The maximum absolute atomic E-state index is 10.4. The minimum Gasteiger partial charge on any atom is -0.454 e. The number of nitrogens with zero attached hydrogens (tertiary/aromatic N) is 1. The number of piperazine rings is 1. The molecule has 0 radical (unpaired) electrons. The Hall–Kier alpha value is -1.30. The molecule has 0 aromatic heterocycles. The summed E-state index contributed by atoms with van der Waals surface area (Å²) >= 11 is 0. The van der Waals surface area contributed by atoms with Crippen LogP contribution in [-0.2, 0) is 0 Å². The van der Waals surface area contributed by atoms with E-state index in [4.69, 9.17) is 9.47 Å². The van der Waals surface area contributed by atoms with Crippen LogP contribution in [0.4, 0.5) is 0 Å². The molecule has 1 aromatic rings. The Bertz CT molecular complexity index is 458. The number of aryl methyl sites for hydroxylation is 1. The van der Waals surface area contributed by atoms with Gasteiger partial charge in [0.2, 0.25) is 6.79 Å². The molecule has 2 heterocycles. The Morgan fingerprint density at radius 2 is 1.95 bits per heavy atom. The zero-order valence-electron chi connectivity index (χ0n) is 11.2. The molecule has 0 spiro atoms. The number of ether oxygens (including phenoxy) is 2. The molecule has 19 heavy (non-hydrogen) atoms. The number of fused-ring (bicyclic) bond motifs is 1.